The van der Waals surface area contributed by atoms with Crippen LogP contribution in [0.2, 0.25) is 0 Å². The first kappa shape index (κ1) is 16.3. The maximum atomic E-state index is 12.3. The van der Waals surface area contributed by atoms with Crippen LogP contribution in [0.25, 0.3) is 0 Å². The number of carbonyl (C=O) groups excluding carboxylic acids is 2. The summed E-state index contributed by atoms with van der Waals surface area (Å²) in [7, 11) is 3.94. The third-order valence-electron chi connectivity index (χ3n) is 3.54. The summed E-state index contributed by atoms with van der Waals surface area (Å²) < 4.78 is 5.68. The van der Waals surface area contributed by atoms with Crippen LogP contribution in [-0.2, 0) is 9.59 Å². The second-order valence-electron chi connectivity index (χ2n) is 5.64. The summed E-state index contributed by atoms with van der Waals surface area (Å²) in [6.45, 7) is 4.92. The molecule has 1 aliphatic rings. The predicted molar refractivity (Wildman–Crippen MR) is 86.4 cm³/mol. The lowest BCUT2D eigenvalue weighted by molar-refractivity contribution is -0.125. The molecule has 6 nitrogen and oxygen atoms in total. The minimum atomic E-state index is -0.521. The monoisotopic (exact) mass is 305 g/mol. The molecule has 0 radical (unpaired) electrons. The zero-order valence-electron chi connectivity index (χ0n) is 13.5. The lowest BCUT2D eigenvalue weighted by Crippen LogP contribution is -2.46. The summed E-state index contributed by atoms with van der Waals surface area (Å²) in [5.41, 5.74) is 1.43. The average Bonchev–Trinajstić information content (AvgIpc) is 2.47. The Hall–Kier alpha value is -2.08. The molecule has 1 aromatic carbocycles. The minimum absolute atomic E-state index is 0.0420. The van der Waals surface area contributed by atoms with Crippen molar-refractivity contribution in [2.45, 2.75) is 26.4 Å². The van der Waals surface area contributed by atoms with E-state index in [1.165, 1.54) is 0 Å². The van der Waals surface area contributed by atoms with E-state index in [0.717, 1.165) is 12.2 Å². The SMILES string of the molecule is CCC(=O)Nc1ccc2c(c1)OC(C)C(=O)N2CCN(C)C. The van der Waals surface area contributed by atoms with Gasteiger partial charge in [0.1, 0.15) is 5.75 Å². The number of nitrogens with zero attached hydrogens (tertiary/aromatic N) is 2. The van der Waals surface area contributed by atoms with Crippen molar-refractivity contribution in [1.29, 1.82) is 0 Å². The second-order valence-corrected chi connectivity index (χ2v) is 5.64. The summed E-state index contributed by atoms with van der Waals surface area (Å²) in [6.07, 6.45) is -0.103. The van der Waals surface area contributed by atoms with Crippen molar-refractivity contribution in [3.05, 3.63) is 18.2 Å². The van der Waals surface area contributed by atoms with E-state index in [1.54, 1.807) is 30.9 Å². The number of likely N-dealkylation sites (N-methyl/N-ethyl adjacent to an activating group) is 1. The Labute approximate surface area is 131 Å². The molecule has 6 heteroatoms. The van der Waals surface area contributed by atoms with Crippen LogP contribution in [0.3, 0.4) is 0 Å². The second kappa shape index (κ2) is 6.79. The highest BCUT2D eigenvalue weighted by Gasteiger charge is 2.31. The molecule has 1 atom stereocenters. The Morgan fingerprint density at radius 1 is 1.41 bits per heavy atom. The Kier molecular flexibility index (Phi) is 5.03. The molecule has 2 amide bonds. The summed E-state index contributed by atoms with van der Waals surface area (Å²) in [4.78, 5) is 27.6. The smallest absolute Gasteiger partial charge is 0.267 e. The van der Waals surface area contributed by atoms with Crippen LogP contribution in [0, 0.1) is 0 Å². The Morgan fingerprint density at radius 2 is 2.14 bits per heavy atom. The lowest BCUT2D eigenvalue weighted by Gasteiger charge is -2.34. The maximum Gasteiger partial charge on any atom is 0.267 e. The van der Waals surface area contributed by atoms with Crippen LogP contribution in [-0.4, -0.2) is 50.0 Å². The van der Waals surface area contributed by atoms with Gasteiger partial charge in [-0.05, 0) is 33.2 Å². The largest absolute Gasteiger partial charge is 0.479 e. The number of ether oxygens (including phenoxy) is 1. The van der Waals surface area contributed by atoms with Gasteiger partial charge >= 0.3 is 0 Å². The van der Waals surface area contributed by atoms with Crippen LogP contribution >= 0.6 is 0 Å². The molecule has 0 aliphatic carbocycles. The van der Waals surface area contributed by atoms with E-state index in [4.69, 9.17) is 4.74 Å². The van der Waals surface area contributed by atoms with E-state index < -0.39 is 6.10 Å². The predicted octanol–water partition coefficient (Wildman–Crippen LogP) is 1.71. The van der Waals surface area contributed by atoms with E-state index in [-0.39, 0.29) is 11.8 Å². The van der Waals surface area contributed by atoms with Crippen LogP contribution in [0.5, 0.6) is 5.75 Å². The van der Waals surface area contributed by atoms with Crippen LogP contribution in [0.4, 0.5) is 11.4 Å². The van der Waals surface area contributed by atoms with E-state index in [2.05, 4.69) is 5.32 Å². The molecule has 0 saturated heterocycles. The number of nitrogens with one attached hydrogen (secondary N) is 1. The van der Waals surface area contributed by atoms with Gasteiger partial charge in [-0.25, -0.2) is 0 Å². The highest BCUT2D eigenvalue weighted by atomic mass is 16.5. The molecule has 1 aromatic rings. The van der Waals surface area contributed by atoms with E-state index in [9.17, 15) is 9.59 Å². The first-order valence-electron chi connectivity index (χ1n) is 7.49. The number of carbonyl (C=O) groups is 2. The number of rotatable bonds is 5. The number of anilines is 2. The van der Waals surface area contributed by atoms with Gasteiger partial charge < -0.3 is 19.9 Å². The molecular formula is C16H23N3O3. The van der Waals surface area contributed by atoms with E-state index in [0.29, 0.717) is 24.4 Å². The number of fused-ring (bicyclic) bond motifs is 1. The highest BCUT2D eigenvalue weighted by Crippen LogP contribution is 2.36. The van der Waals surface area contributed by atoms with Gasteiger partial charge in [-0.1, -0.05) is 6.92 Å². The van der Waals surface area contributed by atoms with Crippen molar-refractivity contribution >= 4 is 23.2 Å². The Bertz CT molecular complexity index is 572. The quantitative estimate of drug-likeness (QED) is 0.899. The zero-order chi connectivity index (χ0) is 16.3. The molecule has 0 bridgehead atoms. The molecule has 0 fully saturated rings. The van der Waals surface area contributed by atoms with Gasteiger partial charge in [-0.2, -0.15) is 0 Å². The molecule has 1 N–H and O–H groups in total. The zero-order valence-corrected chi connectivity index (χ0v) is 13.5. The molecule has 120 valence electrons. The molecular weight excluding hydrogens is 282 g/mol. The van der Waals surface area contributed by atoms with Gasteiger partial charge in [0.15, 0.2) is 6.10 Å². The van der Waals surface area contributed by atoms with Crippen molar-refractivity contribution in [3.8, 4) is 5.75 Å². The van der Waals surface area contributed by atoms with Crippen molar-refractivity contribution in [1.82, 2.24) is 4.90 Å². The van der Waals surface area contributed by atoms with Crippen molar-refractivity contribution in [2.75, 3.05) is 37.4 Å². The van der Waals surface area contributed by atoms with Gasteiger partial charge in [0.2, 0.25) is 5.91 Å². The third-order valence-corrected chi connectivity index (χ3v) is 3.54. The fourth-order valence-electron chi connectivity index (χ4n) is 2.27. The number of amides is 2. The van der Waals surface area contributed by atoms with Crippen molar-refractivity contribution in [2.24, 2.45) is 0 Å². The summed E-state index contributed by atoms with van der Waals surface area (Å²) in [5.74, 6) is 0.531. The number of hydrogen-bond donors (Lipinski definition) is 1. The molecule has 1 unspecified atom stereocenters. The Balaban J connectivity index is 2.26. The van der Waals surface area contributed by atoms with E-state index >= 15 is 0 Å². The first-order chi connectivity index (χ1) is 10.4. The maximum absolute atomic E-state index is 12.3. The molecule has 2 rings (SSSR count). The van der Waals surface area contributed by atoms with Crippen LogP contribution in [0.1, 0.15) is 20.3 Å². The fourth-order valence-corrected chi connectivity index (χ4v) is 2.27. The average molecular weight is 305 g/mol. The first-order valence-corrected chi connectivity index (χ1v) is 7.49. The van der Waals surface area contributed by atoms with Crippen molar-refractivity contribution in [3.63, 3.8) is 0 Å². The van der Waals surface area contributed by atoms with Crippen LogP contribution < -0.4 is 15.0 Å². The summed E-state index contributed by atoms with van der Waals surface area (Å²) in [6, 6.07) is 5.39. The standard InChI is InChI=1S/C16H23N3O3/c1-5-15(20)17-12-6-7-13-14(10-12)22-11(2)16(21)19(13)9-8-18(3)4/h6-7,10-11H,5,8-9H2,1-4H3,(H,17,20). The van der Waals surface area contributed by atoms with Gasteiger partial charge in [-0.3, -0.25) is 9.59 Å². The highest BCUT2D eigenvalue weighted by molar-refractivity contribution is 6.00. The van der Waals surface area contributed by atoms with Gasteiger partial charge in [-0.15, -0.1) is 0 Å². The molecule has 0 spiro atoms. The molecule has 0 saturated carbocycles. The molecule has 0 aromatic heterocycles. The number of benzene rings is 1. The molecule has 1 aliphatic heterocycles. The lowest BCUT2D eigenvalue weighted by atomic mass is 10.1. The summed E-state index contributed by atoms with van der Waals surface area (Å²) >= 11 is 0. The fraction of sp³-hybridized carbons (Fsp3) is 0.500. The summed E-state index contributed by atoms with van der Waals surface area (Å²) in [5, 5.41) is 2.80. The normalized spacial score (nSPS) is 17.2. The van der Waals surface area contributed by atoms with Gasteiger partial charge in [0.25, 0.3) is 5.91 Å². The number of hydrogen-bond acceptors (Lipinski definition) is 4. The third kappa shape index (κ3) is 3.57. The molecule has 22 heavy (non-hydrogen) atoms. The van der Waals surface area contributed by atoms with Crippen molar-refractivity contribution < 1.29 is 14.3 Å². The van der Waals surface area contributed by atoms with Crippen LogP contribution in [0.15, 0.2) is 18.2 Å². The van der Waals surface area contributed by atoms with Gasteiger partial charge in [0, 0.05) is 31.3 Å². The molecule has 1 heterocycles. The van der Waals surface area contributed by atoms with E-state index in [1.807, 2.05) is 25.1 Å². The van der Waals surface area contributed by atoms with Gasteiger partial charge in [0.05, 0.1) is 5.69 Å². The Morgan fingerprint density at radius 3 is 2.77 bits per heavy atom. The topological polar surface area (TPSA) is 61.9 Å². The minimum Gasteiger partial charge on any atom is -0.479 e.